The van der Waals surface area contributed by atoms with E-state index >= 15 is 0 Å². The zero-order chi connectivity index (χ0) is 10.4. The van der Waals surface area contributed by atoms with E-state index in [2.05, 4.69) is 4.98 Å². The Morgan fingerprint density at radius 3 is 2.86 bits per heavy atom. The summed E-state index contributed by atoms with van der Waals surface area (Å²) in [6.45, 7) is 0.825. The second-order valence-electron chi connectivity index (χ2n) is 3.06. The van der Waals surface area contributed by atoms with Gasteiger partial charge >= 0.3 is 0 Å². The van der Waals surface area contributed by atoms with E-state index in [4.69, 9.17) is 17.3 Å². The minimum absolute atomic E-state index is 0.0715. The first-order chi connectivity index (χ1) is 6.75. The van der Waals surface area contributed by atoms with Crippen LogP contribution in [0.25, 0.3) is 0 Å². The Kier molecular flexibility index (Phi) is 4.55. The molecule has 0 aliphatic carbocycles. The van der Waals surface area contributed by atoms with Gasteiger partial charge in [0.15, 0.2) is 4.77 Å². The lowest BCUT2D eigenvalue weighted by atomic mass is 10.2. The van der Waals surface area contributed by atoms with Crippen molar-refractivity contribution in [3.63, 3.8) is 0 Å². The Hall–Kier alpha value is -0.940. The van der Waals surface area contributed by atoms with Crippen molar-refractivity contribution >= 4 is 12.2 Å². The Labute approximate surface area is 87.2 Å². The van der Waals surface area contributed by atoms with Crippen LogP contribution in [0, 0.1) is 4.77 Å². The average Bonchev–Trinajstić information content (AvgIpc) is 2.16. The number of rotatable bonds is 5. The number of aromatic nitrogens is 2. The standard InChI is InChI=1S/C9H14N2O2S/c12-7-3-1-2-6-11-8(13)4-5-10-9(11)14/h4-5,12H,1-3,6-7H2,(H,10,14). The van der Waals surface area contributed by atoms with Crippen LogP contribution < -0.4 is 5.56 Å². The highest BCUT2D eigenvalue weighted by molar-refractivity contribution is 7.71. The lowest BCUT2D eigenvalue weighted by Crippen LogP contribution is -2.20. The monoisotopic (exact) mass is 214 g/mol. The summed E-state index contributed by atoms with van der Waals surface area (Å²) in [5.74, 6) is 0. The van der Waals surface area contributed by atoms with E-state index in [0.717, 1.165) is 19.3 Å². The molecule has 5 heteroatoms. The third-order valence-electron chi connectivity index (χ3n) is 1.98. The predicted octanol–water partition coefficient (Wildman–Crippen LogP) is 1.07. The van der Waals surface area contributed by atoms with Crippen molar-refractivity contribution in [1.82, 2.24) is 9.55 Å². The molecule has 1 aromatic rings. The molecule has 0 aliphatic heterocycles. The van der Waals surface area contributed by atoms with Crippen molar-refractivity contribution in [3.8, 4) is 0 Å². The molecule has 1 rings (SSSR count). The maximum atomic E-state index is 11.3. The van der Waals surface area contributed by atoms with E-state index in [9.17, 15) is 4.79 Å². The molecule has 0 atom stereocenters. The summed E-state index contributed by atoms with van der Waals surface area (Å²) < 4.78 is 1.99. The van der Waals surface area contributed by atoms with Gasteiger partial charge in [0.05, 0.1) is 0 Å². The molecule has 0 spiro atoms. The summed E-state index contributed by atoms with van der Waals surface area (Å²) in [5, 5.41) is 8.58. The Bertz CT molecular complexity index is 355. The molecule has 1 aromatic heterocycles. The van der Waals surface area contributed by atoms with Crippen LogP contribution >= 0.6 is 12.2 Å². The summed E-state index contributed by atoms with van der Waals surface area (Å²) in [6, 6.07) is 1.46. The van der Waals surface area contributed by atoms with Gasteiger partial charge in [-0.25, -0.2) is 0 Å². The maximum absolute atomic E-state index is 11.3. The van der Waals surface area contributed by atoms with Gasteiger partial charge in [0.1, 0.15) is 0 Å². The number of H-pyrrole nitrogens is 1. The Balaban J connectivity index is 2.59. The Morgan fingerprint density at radius 1 is 1.43 bits per heavy atom. The molecule has 0 fully saturated rings. The van der Waals surface area contributed by atoms with Crippen LogP contribution in [0.2, 0.25) is 0 Å². The van der Waals surface area contributed by atoms with Crippen molar-refractivity contribution < 1.29 is 5.11 Å². The molecule has 0 radical (unpaired) electrons. The van der Waals surface area contributed by atoms with Crippen molar-refractivity contribution in [2.75, 3.05) is 6.61 Å². The topological polar surface area (TPSA) is 58.0 Å². The van der Waals surface area contributed by atoms with Crippen molar-refractivity contribution in [3.05, 3.63) is 27.4 Å². The zero-order valence-corrected chi connectivity index (χ0v) is 8.72. The van der Waals surface area contributed by atoms with E-state index in [1.54, 1.807) is 6.20 Å². The minimum atomic E-state index is -0.0715. The van der Waals surface area contributed by atoms with Gasteiger partial charge in [-0.1, -0.05) is 0 Å². The molecule has 1 heterocycles. The van der Waals surface area contributed by atoms with Gasteiger partial charge in [0, 0.05) is 25.4 Å². The SMILES string of the molecule is O=c1cc[nH]c(=S)n1CCCCCO. The highest BCUT2D eigenvalue weighted by Gasteiger charge is 1.96. The van der Waals surface area contributed by atoms with Crippen molar-refractivity contribution in [1.29, 1.82) is 0 Å². The van der Waals surface area contributed by atoms with E-state index in [1.807, 2.05) is 0 Å². The normalized spacial score (nSPS) is 10.4. The van der Waals surface area contributed by atoms with Gasteiger partial charge in [-0.2, -0.15) is 0 Å². The van der Waals surface area contributed by atoms with Gasteiger partial charge in [-0.05, 0) is 31.5 Å². The van der Waals surface area contributed by atoms with E-state index in [1.165, 1.54) is 10.6 Å². The number of aliphatic hydroxyl groups is 1. The molecule has 0 unspecified atom stereocenters. The second kappa shape index (κ2) is 5.72. The van der Waals surface area contributed by atoms with Gasteiger partial charge in [0.2, 0.25) is 0 Å². The van der Waals surface area contributed by atoms with Crippen molar-refractivity contribution in [2.45, 2.75) is 25.8 Å². The molecule has 78 valence electrons. The van der Waals surface area contributed by atoms with Gasteiger partial charge in [-0.3, -0.25) is 9.36 Å². The molecule has 0 saturated heterocycles. The van der Waals surface area contributed by atoms with Gasteiger partial charge < -0.3 is 10.1 Å². The lowest BCUT2D eigenvalue weighted by Gasteiger charge is -2.03. The largest absolute Gasteiger partial charge is 0.396 e. The third-order valence-corrected chi connectivity index (χ3v) is 2.32. The number of nitrogens with one attached hydrogen (secondary N) is 1. The van der Waals surface area contributed by atoms with Crippen LogP contribution in [-0.4, -0.2) is 21.3 Å². The maximum Gasteiger partial charge on any atom is 0.254 e. The Morgan fingerprint density at radius 2 is 2.21 bits per heavy atom. The first-order valence-corrected chi connectivity index (χ1v) is 5.06. The zero-order valence-electron chi connectivity index (χ0n) is 7.90. The highest BCUT2D eigenvalue weighted by atomic mass is 32.1. The number of aromatic amines is 1. The summed E-state index contributed by atoms with van der Waals surface area (Å²) in [7, 11) is 0. The average molecular weight is 214 g/mol. The predicted molar refractivity (Wildman–Crippen MR) is 56.8 cm³/mol. The fourth-order valence-corrected chi connectivity index (χ4v) is 1.47. The molecule has 0 aliphatic rings. The molecule has 0 aromatic carbocycles. The fourth-order valence-electron chi connectivity index (χ4n) is 1.22. The van der Waals surface area contributed by atoms with Crippen LogP contribution in [0.3, 0.4) is 0 Å². The molecular weight excluding hydrogens is 200 g/mol. The number of hydrogen-bond donors (Lipinski definition) is 2. The van der Waals surface area contributed by atoms with E-state index in [0.29, 0.717) is 11.3 Å². The van der Waals surface area contributed by atoms with E-state index < -0.39 is 0 Å². The van der Waals surface area contributed by atoms with Crippen LogP contribution in [0.5, 0.6) is 0 Å². The number of aliphatic hydroxyl groups excluding tert-OH is 1. The summed E-state index contributed by atoms with van der Waals surface area (Å²) in [4.78, 5) is 14.1. The van der Waals surface area contributed by atoms with Crippen LogP contribution in [0.4, 0.5) is 0 Å². The minimum Gasteiger partial charge on any atom is -0.396 e. The summed E-state index contributed by atoms with van der Waals surface area (Å²) in [5.41, 5.74) is -0.0715. The number of hydrogen-bond acceptors (Lipinski definition) is 3. The molecule has 2 N–H and O–H groups in total. The van der Waals surface area contributed by atoms with Crippen LogP contribution in [0.15, 0.2) is 17.1 Å². The summed E-state index contributed by atoms with van der Waals surface area (Å²) >= 11 is 4.98. The second-order valence-corrected chi connectivity index (χ2v) is 3.44. The smallest absolute Gasteiger partial charge is 0.254 e. The molecular formula is C9H14N2O2S. The first-order valence-electron chi connectivity index (χ1n) is 4.65. The molecule has 0 amide bonds. The fraction of sp³-hybridized carbons (Fsp3) is 0.556. The van der Waals surface area contributed by atoms with Gasteiger partial charge in [-0.15, -0.1) is 0 Å². The van der Waals surface area contributed by atoms with Crippen molar-refractivity contribution in [2.24, 2.45) is 0 Å². The number of unbranched alkanes of at least 4 members (excludes halogenated alkanes) is 2. The quantitative estimate of drug-likeness (QED) is 0.569. The highest BCUT2D eigenvalue weighted by Crippen LogP contribution is 1.96. The third kappa shape index (κ3) is 3.08. The first kappa shape index (κ1) is 11.1. The van der Waals surface area contributed by atoms with Crippen LogP contribution in [0.1, 0.15) is 19.3 Å². The molecule has 4 nitrogen and oxygen atoms in total. The van der Waals surface area contributed by atoms with E-state index in [-0.39, 0.29) is 12.2 Å². The lowest BCUT2D eigenvalue weighted by molar-refractivity contribution is 0.281. The summed E-state index contributed by atoms with van der Waals surface area (Å²) in [6.07, 6.45) is 4.10. The molecule has 14 heavy (non-hydrogen) atoms. The molecule has 0 bridgehead atoms. The van der Waals surface area contributed by atoms with Crippen LogP contribution in [-0.2, 0) is 6.54 Å². The number of nitrogens with zero attached hydrogens (tertiary/aromatic N) is 1. The van der Waals surface area contributed by atoms with Gasteiger partial charge in [0.25, 0.3) is 5.56 Å². The molecule has 0 saturated carbocycles.